The van der Waals surface area contributed by atoms with E-state index in [1.807, 2.05) is 49.4 Å². The zero-order chi connectivity index (χ0) is 22.4. The maximum atomic E-state index is 13.0. The normalized spacial score (nSPS) is 10.7. The summed E-state index contributed by atoms with van der Waals surface area (Å²) in [4.78, 5) is 31.6. The molecule has 0 unspecified atom stereocenters. The third-order valence-electron chi connectivity index (χ3n) is 4.77. The van der Waals surface area contributed by atoms with Crippen molar-refractivity contribution in [2.45, 2.75) is 13.8 Å². The molecule has 31 heavy (non-hydrogen) atoms. The molecule has 7 heteroatoms. The summed E-state index contributed by atoms with van der Waals surface area (Å²) in [6.07, 6.45) is 1.52. The number of rotatable bonds is 8. The van der Waals surface area contributed by atoms with Crippen molar-refractivity contribution < 1.29 is 19.1 Å². The van der Waals surface area contributed by atoms with Gasteiger partial charge in [0.25, 0.3) is 5.91 Å². The lowest BCUT2D eigenvalue weighted by molar-refractivity contribution is 0.0531. The van der Waals surface area contributed by atoms with E-state index in [-0.39, 0.29) is 5.91 Å². The summed E-state index contributed by atoms with van der Waals surface area (Å²) in [6.45, 7) is 5.06. The number of esters is 1. The first-order chi connectivity index (χ1) is 14.9. The number of benzene rings is 2. The zero-order valence-corrected chi connectivity index (χ0v) is 19.0. The number of ether oxygens (including phenoxy) is 2. The van der Waals surface area contributed by atoms with E-state index >= 15 is 0 Å². The Bertz CT molecular complexity index is 1060. The van der Waals surface area contributed by atoms with Crippen LogP contribution >= 0.6 is 11.3 Å². The van der Waals surface area contributed by atoms with Gasteiger partial charge in [-0.25, -0.2) is 9.78 Å². The molecule has 0 fully saturated rings. The number of likely N-dealkylation sites (N-methyl/N-ethyl adjacent to an activating group) is 1. The van der Waals surface area contributed by atoms with Crippen LogP contribution in [0.3, 0.4) is 0 Å². The third kappa shape index (κ3) is 5.57. The number of carbonyl (C=O) groups is 2. The summed E-state index contributed by atoms with van der Waals surface area (Å²) in [7, 11) is 3.36. The Hall–Kier alpha value is -3.03. The third-order valence-corrected chi connectivity index (χ3v) is 5.80. The van der Waals surface area contributed by atoms with Gasteiger partial charge in [0.15, 0.2) is 0 Å². The number of nitrogens with zero attached hydrogens (tertiary/aromatic N) is 2. The fraction of sp³-hybridized carbons (Fsp3) is 0.292. The van der Waals surface area contributed by atoms with Crippen molar-refractivity contribution in [3.8, 4) is 21.7 Å². The topological polar surface area (TPSA) is 68.7 Å². The number of aromatic nitrogens is 1. The molecule has 0 aliphatic carbocycles. The lowest BCUT2D eigenvalue weighted by Gasteiger charge is -2.18. The predicted molar refractivity (Wildman–Crippen MR) is 123 cm³/mol. The summed E-state index contributed by atoms with van der Waals surface area (Å²) in [5.41, 5.74) is 4.41. The molecule has 162 valence electrons. The van der Waals surface area contributed by atoms with Crippen LogP contribution in [0.4, 0.5) is 0 Å². The van der Waals surface area contributed by atoms with E-state index in [1.54, 1.807) is 26.0 Å². The minimum Gasteiger partial charge on any atom is -0.462 e. The molecule has 3 rings (SSSR count). The van der Waals surface area contributed by atoms with Gasteiger partial charge < -0.3 is 14.4 Å². The number of aryl methyl sites for hydroxylation is 1. The summed E-state index contributed by atoms with van der Waals surface area (Å²) in [6, 6.07) is 13.8. The number of carbonyl (C=O) groups excluding carboxylic acids is 2. The highest BCUT2D eigenvalue weighted by atomic mass is 32.1. The second kappa shape index (κ2) is 10.3. The molecule has 0 N–H and O–H groups in total. The Labute approximate surface area is 186 Å². The van der Waals surface area contributed by atoms with Crippen molar-refractivity contribution in [1.82, 2.24) is 9.88 Å². The van der Waals surface area contributed by atoms with Crippen LogP contribution < -0.4 is 0 Å². The molecule has 3 aromatic rings. The minimum absolute atomic E-state index is 0.102. The van der Waals surface area contributed by atoms with E-state index in [4.69, 9.17) is 9.47 Å². The first kappa shape index (κ1) is 22.7. The average molecular weight is 439 g/mol. The second-order valence-electron chi connectivity index (χ2n) is 7.13. The van der Waals surface area contributed by atoms with E-state index < -0.39 is 5.97 Å². The molecule has 0 saturated heterocycles. The molecule has 0 radical (unpaired) electrons. The zero-order valence-electron chi connectivity index (χ0n) is 18.2. The van der Waals surface area contributed by atoms with Crippen molar-refractivity contribution in [2.75, 3.05) is 33.9 Å². The van der Waals surface area contributed by atoms with E-state index in [9.17, 15) is 9.59 Å². The smallest absolute Gasteiger partial charge is 0.349 e. The quantitative estimate of drug-likeness (QED) is 0.478. The van der Waals surface area contributed by atoms with Crippen molar-refractivity contribution in [2.24, 2.45) is 0 Å². The van der Waals surface area contributed by atoms with Crippen LogP contribution in [-0.2, 0) is 9.47 Å². The molecule has 1 amide bonds. The summed E-state index contributed by atoms with van der Waals surface area (Å²) >= 11 is 1.25. The van der Waals surface area contributed by atoms with Gasteiger partial charge in [-0.3, -0.25) is 4.79 Å². The number of methoxy groups -OCH3 is 1. The van der Waals surface area contributed by atoms with Gasteiger partial charge >= 0.3 is 5.97 Å². The van der Waals surface area contributed by atoms with Gasteiger partial charge in [0.2, 0.25) is 0 Å². The molecule has 0 atom stereocenters. The maximum Gasteiger partial charge on any atom is 0.349 e. The highest BCUT2D eigenvalue weighted by molar-refractivity contribution is 7.16. The van der Waals surface area contributed by atoms with E-state index in [2.05, 4.69) is 4.98 Å². The van der Waals surface area contributed by atoms with Crippen LogP contribution in [0.15, 0.2) is 48.7 Å². The van der Waals surface area contributed by atoms with Gasteiger partial charge in [-0.1, -0.05) is 29.8 Å². The fourth-order valence-corrected chi connectivity index (χ4v) is 3.84. The maximum absolute atomic E-state index is 13.0. The Morgan fingerprint density at radius 1 is 1.06 bits per heavy atom. The average Bonchev–Trinajstić information content (AvgIpc) is 3.28. The number of amides is 1. The van der Waals surface area contributed by atoms with Crippen molar-refractivity contribution in [1.29, 1.82) is 0 Å². The number of hydrogen-bond donors (Lipinski definition) is 0. The van der Waals surface area contributed by atoms with Crippen molar-refractivity contribution >= 4 is 23.2 Å². The lowest BCUT2D eigenvalue weighted by Crippen LogP contribution is -2.30. The predicted octanol–water partition coefficient (Wildman–Crippen LogP) is 4.68. The van der Waals surface area contributed by atoms with Crippen LogP contribution in [0.1, 0.15) is 32.5 Å². The summed E-state index contributed by atoms with van der Waals surface area (Å²) < 4.78 is 10.2. The summed E-state index contributed by atoms with van der Waals surface area (Å²) in [5, 5.41) is 0.658. The van der Waals surface area contributed by atoms with Crippen LogP contribution in [0.5, 0.6) is 0 Å². The van der Waals surface area contributed by atoms with Crippen LogP contribution in [0.2, 0.25) is 0 Å². The molecule has 0 aliphatic heterocycles. The Kier molecular flexibility index (Phi) is 7.55. The molecule has 6 nitrogen and oxygen atoms in total. The highest BCUT2D eigenvalue weighted by Gasteiger charge is 2.18. The highest BCUT2D eigenvalue weighted by Crippen LogP contribution is 2.31. The van der Waals surface area contributed by atoms with Gasteiger partial charge in [-0.2, -0.15) is 0 Å². The fourth-order valence-electron chi connectivity index (χ4n) is 3.04. The summed E-state index contributed by atoms with van der Waals surface area (Å²) in [5.74, 6) is -0.494. The Balaban J connectivity index is 2.04. The van der Waals surface area contributed by atoms with Crippen molar-refractivity contribution in [3.05, 3.63) is 64.7 Å². The van der Waals surface area contributed by atoms with E-state index in [1.165, 1.54) is 17.5 Å². The molecular formula is C24H26N2O4S. The monoisotopic (exact) mass is 438 g/mol. The number of hydrogen-bond acceptors (Lipinski definition) is 6. The van der Waals surface area contributed by atoms with Gasteiger partial charge in [-0.05, 0) is 43.2 Å². The molecule has 0 spiro atoms. The Morgan fingerprint density at radius 2 is 1.77 bits per heavy atom. The van der Waals surface area contributed by atoms with Crippen molar-refractivity contribution in [3.63, 3.8) is 0 Å². The van der Waals surface area contributed by atoms with E-state index in [0.717, 1.165) is 22.3 Å². The van der Waals surface area contributed by atoms with Crippen LogP contribution in [0.25, 0.3) is 21.7 Å². The van der Waals surface area contributed by atoms with Crippen LogP contribution in [0, 0.1) is 6.92 Å². The molecule has 2 aromatic carbocycles. The molecular weight excluding hydrogens is 412 g/mol. The van der Waals surface area contributed by atoms with Gasteiger partial charge in [0.1, 0.15) is 9.88 Å². The molecule has 1 aromatic heterocycles. The van der Waals surface area contributed by atoms with Gasteiger partial charge in [-0.15, -0.1) is 11.3 Å². The minimum atomic E-state index is -0.392. The largest absolute Gasteiger partial charge is 0.462 e. The standard InChI is InChI=1S/C24H26N2O4S/c1-5-30-24(28)21-15-25-22(31-21)19-12-18(17-8-6-16(2)7-9-17)13-20(14-19)23(27)26(3)10-11-29-4/h6-9,12-15H,5,10-11H2,1-4H3. The van der Waals surface area contributed by atoms with E-state index in [0.29, 0.717) is 35.2 Å². The first-order valence-electron chi connectivity index (χ1n) is 10.0. The molecule has 1 heterocycles. The number of thiazole rings is 1. The SMILES string of the molecule is CCOC(=O)c1cnc(-c2cc(C(=O)N(C)CCOC)cc(-c3ccc(C)cc3)c2)s1. The van der Waals surface area contributed by atoms with Crippen LogP contribution in [-0.4, -0.2) is 55.7 Å². The molecule has 0 saturated carbocycles. The van der Waals surface area contributed by atoms with Gasteiger partial charge in [0.05, 0.1) is 19.4 Å². The molecule has 0 bridgehead atoms. The first-order valence-corrected chi connectivity index (χ1v) is 10.8. The Morgan fingerprint density at radius 3 is 2.45 bits per heavy atom. The van der Waals surface area contributed by atoms with Gasteiger partial charge in [0, 0.05) is 31.8 Å². The second-order valence-corrected chi connectivity index (χ2v) is 8.17. The molecule has 0 aliphatic rings. The lowest BCUT2D eigenvalue weighted by atomic mass is 9.98.